The Balaban J connectivity index is 2.10. The van der Waals surface area contributed by atoms with E-state index in [-0.39, 0.29) is 11.2 Å². The SMILES string of the molecule is CC(=O)c1cc(C)ccc1OCC1(CC#N)CC1. The second-order valence-corrected chi connectivity index (χ2v) is 5.18. The summed E-state index contributed by atoms with van der Waals surface area (Å²) in [6.45, 7) is 4.03. The monoisotopic (exact) mass is 243 g/mol. The highest BCUT2D eigenvalue weighted by Crippen LogP contribution is 2.48. The average Bonchev–Trinajstić information content (AvgIpc) is 3.08. The zero-order chi connectivity index (χ0) is 13.2. The molecule has 1 aromatic rings. The maximum atomic E-state index is 11.6. The third-order valence-electron chi connectivity index (χ3n) is 3.46. The van der Waals surface area contributed by atoms with E-state index in [1.54, 1.807) is 6.92 Å². The molecule has 0 radical (unpaired) electrons. The second-order valence-electron chi connectivity index (χ2n) is 5.18. The number of hydrogen-bond donors (Lipinski definition) is 0. The van der Waals surface area contributed by atoms with Gasteiger partial charge in [-0.05, 0) is 38.8 Å². The normalized spacial score (nSPS) is 15.8. The van der Waals surface area contributed by atoms with Crippen LogP contribution in [0.25, 0.3) is 0 Å². The Hall–Kier alpha value is -1.82. The van der Waals surface area contributed by atoms with Crippen molar-refractivity contribution in [1.82, 2.24) is 0 Å². The lowest BCUT2D eigenvalue weighted by Crippen LogP contribution is -2.13. The lowest BCUT2D eigenvalue weighted by molar-refractivity contribution is 0.101. The van der Waals surface area contributed by atoms with Crippen LogP contribution in [0.4, 0.5) is 0 Å². The van der Waals surface area contributed by atoms with Crippen LogP contribution in [-0.2, 0) is 0 Å². The van der Waals surface area contributed by atoms with E-state index >= 15 is 0 Å². The lowest BCUT2D eigenvalue weighted by atomic mass is 10.0. The summed E-state index contributed by atoms with van der Waals surface area (Å²) in [5, 5.41) is 8.76. The Morgan fingerprint density at radius 1 is 1.50 bits per heavy atom. The maximum Gasteiger partial charge on any atom is 0.163 e. The van der Waals surface area contributed by atoms with Gasteiger partial charge in [0.2, 0.25) is 0 Å². The van der Waals surface area contributed by atoms with E-state index in [2.05, 4.69) is 6.07 Å². The van der Waals surface area contributed by atoms with Crippen molar-refractivity contribution in [2.45, 2.75) is 33.1 Å². The lowest BCUT2D eigenvalue weighted by Gasteiger charge is -2.15. The van der Waals surface area contributed by atoms with Gasteiger partial charge in [-0.15, -0.1) is 0 Å². The molecule has 0 spiro atoms. The molecule has 0 aliphatic heterocycles. The van der Waals surface area contributed by atoms with Gasteiger partial charge in [-0.3, -0.25) is 4.79 Å². The standard InChI is InChI=1S/C15H17NO2/c1-11-3-4-14(13(9-11)12(2)17)18-10-15(5-6-15)7-8-16/h3-4,9H,5-7,10H2,1-2H3. The molecule has 0 aromatic heterocycles. The average molecular weight is 243 g/mol. The molecule has 1 aliphatic carbocycles. The third kappa shape index (κ3) is 2.70. The van der Waals surface area contributed by atoms with Crippen LogP contribution in [0.5, 0.6) is 5.75 Å². The van der Waals surface area contributed by atoms with Gasteiger partial charge in [0.15, 0.2) is 5.78 Å². The largest absolute Gasteiger partial charge is 0.492 e. The number of nitriles is 1. The topological polar surface area (TPSA) is 50.1 Å². The Morgan fingerprint density at radius 3 is 2.78 bits per heavy atom. The van der Waals surface area contributed by atoms with Crippen molar-refractivity contribution >= 4 is 5.78 Å². The van der Waals surface area contributed by atoms with Crippen LogP contribution in [-0.4, -0.2) is 12.4 Å². The van der Waals surface area contributed by atoms with Crippen molar-refractivity contribution in [3.05, 3.63) is 29.3 Å². The highest BCUT2D eigenvalue weighted by molar-refractivity contribution is 5.97. The molecule has 0 atom stereocenters. The van der Waals surface area contributed by atoms with Crippen molar-refractivity contribution in [3.8, 4) is 11.8 Å². The molecular formula is C15H17NO2. The zero-order valence-corrected chi connectivity index (χ0v) is 10.8. The fourth-order valence-electron chi connectivity index (χ4n) is 1.99. The first-order chi connectivity index (χ1) is 8.56. The van der Waals surface area contributed by atoms with Crippen LogP contribution in [0.2, 0.25) is 0 Å². The van der Waals surface area contributed by atoms with Gasteiger partial charge in [0.05, 0.1) is 18.2 Å². The molecule has 0 unspecified atom stereocenters. The van der Waals surface area contributed by atoms with E-state index in [1.807, 2.05) is 25.1 Å². The van der Waals surface area contributed by atoms with E-state index in [1.165, 1.54) is 0 Å². The van der Waals surface area contributed by atoms with Crippen molar-refractivity contribution in [2.24, 2.45) is 5.41 Å². The van der Waals surface area contributed by atoms with Crippen LogP contribution >= 0.6 is 0 Å². The molecule has 2 rings (SSSR count). The number of nitrogens with zero attached hydrogens (tertiary/aromatic N) is 1. The van der Waals surface area contributed by atoms with Gasteiger partial charge in [0.25, 0.3) is 0 Å². The van der Waals surface area contributed by atoms with Gasteiger partial charge in [0.1, 0.15) is 5.75 Å². The number of ketones is 1. The minimum Gasteiger partial charge on any atom is -0.492 e. The minimum atomic E-state index is 0.0128. The molecule has 0 amide bonds. The number of rotatable bonds is 5. The van der Waals surface area contributed by atoms with Gasteiger partial charge in [-0.25, -0.2) is 0 Å². The van der Waals surface area contributed by atoms with E-state index in [4.69, 9.17) is 10.00 Å². The number of carbonyl (C=O) groups is 1. The van der Waals surface area contributed by atoms with E-state index in [9.17, 15) is 4.79 Å². The molecule has 0 N–H and O–H groups in total. The van der Waals surface area contributed by atoms with Gasteiger partial charge < -0.3 is 4.74 Å². The Bertz CT molecular complexity index is 510. The minimum absolute atomic E-state index is 0.0128. The quantitative estimate of drug-likeness (QED) is 0.746. The fourth-order valence-corrected chi connectivity index (χ4v) is 1.99. The number of hydrogen-bond acceptors (Lipinski definition) is 3. The summed E-state index contributed by atoms with van der Waals surface area (Å²) in [7, 11) is 0. The van der Waals surface area contributed by atoms with E-state index in [0.717, 1.165) is 18.4 Å². The molecule has 1 aromatic carbocycles. The highest BCUT2D eigenvalue weighted by Gasteiger charge is 2.43. The van der Waals surface area contributed by atoms with Crippen molar-refractivity contribution in [1.29, 1.82) is 5.26 Å². The van der Waals surface area contributed by atoms with Crippen LogP contribution in [0.3, 0.4) is 0 Å². The molecule has 3 nitrogen and oxygen atoms in total. The van der Waals surface area contributed by atoms with Crippen LogP contribution in [0.1, 0.15) is 42.1 Å². The van der Waals surface area contributed by atoms with Gasteiger partial charge in [0, 0.05) is 11.8 Å². The molecule has 1 fully saturated rings. The first-order valence-electron chi connectivity index (χ1n) is 6.18. The van der Waals surface area contributed by atoms with Crippen molar-refractivity contribution in [3.63, 3.8) is 0 Å². The van der Waals surface area contributed by atoms with E-state index < -0.39 is 0 Å². The molecule has 0 bridgehead atoms. The summed E-state index contributed by atoms with van der Waals surface area (Å²) in [4.78, 5) is 11.6. The summed E-state index contributed by atoms with van der Waals surface area (Å²) in [5.41, 5.74) is 1.71. The molecule has 3 heteroatoms. The number of benzene rings is 1. The molecule has 0 heterocycles. The smallest absolute Gasteiger partial charge is 0.163 e. The summed E-state index contributed by atoms with van der Waals surface area (Å²) in [5.74, 6) is 0.649. The maximum absolute atomic E-state index is 11.6. The van der Waals surface area contributed by atoms with Gasteiger partial charge in [-0.2, -0.15) is 5.26 Å². The molecule has 1 aliphatic rings. The van der Waals surface area contributed by atoms with Crippen LogP contribution < -0.4 is 4.74 Å². The predicted molar refractivity (Wildman–Crippen MR) is 68.6 cm³/mol. The molecule has 18 heavy (non-hydrogen) atoms. The summed E-state index contributed by atoms with van der Waals surface area (Å²) < 4.78 is 5.76. The summed E-state index contributed by atoms with van der Waals surface area (Å²) in [6.07, 6.45) is 2.62. The van der Waals surface area contributed by atoms with Gasteiger partial charge >= 0.3 is 0 Å². The molecule has 1 saturated carbocycles. The van der Waals surface area contributed by atoms with Crippen LogP contribution in [0.15, 0.2) is 18.2 Å². The Kier molecular flexibility index (Phi) is 3.38. The zero-order valence-electron chi connectivity index (χ0n) is 10.8. The van der Waals surface area contributed by atoms with Crippen molar-refractivity contribution in [2.75, 3.05) is 6.61 Å². The Labute approximate surface area is 107 Å². The second kappa shape index (κ2) is 4.81. The number of aryl methyl sites for hydroxylation is 1. The first-order valence-corrected chi connectivity index (χ1v) is 6.18. The molecular weight excluding hydrogens is 226 g/mol. The highest BCUT2D eigenvalue weighted by atomic mass is 16.5. The number of Topliss-reactive ketones (excluding diaryl/α,β-unsaturated/α-hetero) is 1. The van der Waals surface area contributed by atoms with E-state index in [0.29, 0.717) is 24.3 Å². The van der Waals surface area contributed by atoms with Gasteiger partial charge in [-0.1, -0.05) is 11.6 Å². The molecule has 94 valence electrons. The predicted octanol–water partition coefficient (Wildman–Crippen LogP) is 3.27. The summed E-state index contributed by atoms with van der Waals surface area (Å²) in [6, 6.07) is 7.83. The Morgan fingerprint density at radius 2 is 2.22 bits per heavy atom. The third-order valence-corrected chi connectivity index (χ3v) is 3.46. The first kappa shape index (κ1) is 12.6. The van der Waals surface area contributed by atoms with Crippen LogP contribution in [0, 0.1) is 23.7 Å². The molecule has 0 saturated heterocycles. The van der Waals surface area contributed by atoms with Crippen molar-refractivity contribution < 1.29 is 9.53 Å². The summed E-state index contributed by atoms with van der Waals surface area (Å²) >= 11 is 0. The number of ether oxygens (including phenoxy) is 1. The number of carbonyl (C=O) groups excluding carboxylic acids is 1. The fraction of sp³-hybridized carbons (Fsp3) is 0.467.